The van der Waals surface area contributed by atoms with Crippen LogP contribution >= 0.6 is 11.8 Å². The van der Waals surface area contributed by atoms with Crippen molar-refractivity contribution in [2.75, 3.05) is 18.8 Å². The summed E-state index contributed by atoms with van der Waals surface area (Å²) in [5, 5.41) is 1.13. The van der Waals surface area contributed by atoms with Gasteiger partial charge in [-0.15, -0.1) is 0 Å². The highest BCUT2D eigenvalue weighted by atomic mass is 32.2. The maximum absolute atomic E-state index is 13.3. The third kappa shape index (κ3) is 4.22. The molecule has 4 rings (SSSR count). The van der Waals surface area contributed by atoms with Gasteiger partial charge < -0.3 is 4.90 Å². The molecular weight excluding hydrogens is 382 g/mol. The molecule has 1 atom stereocenters. The fraction of sp³-hybridized carbons (Fsp3) is 0.348. The van der Waals surface area contributed by atoms with Crippen LogP contribution in [0, 0.1) is 12.8 Å². The number of hydrogen-bond acceptors (Lipinski definition) is 4. The molecule has 2 aromatic carbocycles. The standard InChI is InChI=1S/C23H25N3O2S/c1-16-7-5-9-18(13-16)26-22(28)19-10-3-4-11-20(19)24-23(26)29-15-21(27)25-12-6-8-17(2)14-25/h3-5,7,9-11,13,17H,6,8,12,14-15H2,1-2H3/t17-/m1/s1. The van der Waals surface area contributed by atoms with Gasteiger partial charge in [0, 0.05) is 13.1 Å². The maximum atomic E-state index is 13.3. The van der Waals surface area contributed by atoms with Crippen LogP contribution < -0.4 is 5.56 Å². The Morgan fingerprint density at radius 1 is 1.21 bits per heavy atom. The molecule has 5 nitrogen and oxygen atoms in total. The monoisotopic (exact) mass is 407 g/mol. The highest BCUT2D eigenvalue weighted by Crippen LogP contribution is 2.23. The molecular formula is C23H25N3O2S. The number of rotatable bonds is 4. The van der Waals surface area contributed by atoms with Crippen LogP contribution in [0.15, 0.2) is 58.5 Å². The fourth-order valence-electron chi connectivity index (χ4n) is 3.84. The Bertz CT molecular complexity index is 1110. The molecule has 1 saturated heterocycles. The first kappa shape index (κ1) is 19.7. The number of para-hydroxylation sites is 1. The van der Waals surface area contributed by atoms with Gasteiger partial charge in [-0.05, 0) is 55.5 Å². The molecule has 0 saturated carbocycles. The summed E-state index contributed by atoms with van der Waals surface area (Å²) in [6, 6.07) is 15.2. The lowest BCUT2D eigenvalue weighted by Crippen LogP contribution is -2.40. The van der Waals surface area contributed by atoms with Crippen molar-refractivity contribution in [3.63, 3.8) is 0 Å². The number of amides is 1. The van der Waals surface area contributed by atoms with Crippen LogP contribution in [0.4, 0.5) is 0 Å². The quantitative estimate of drug-likeness (QED) is 0.484. The van der Waals surface area contributed by atoms with Crippen LogP contribution in [0.2, 0.25) is 0 Å². The van der Waals surface area contributed by atoms with E-state index in [4.69, 9.17) is 4.98 Å². The SMILES string of the molecule is Cc1cccc(-n2c(SCC(=O)N3CCC[C@@H](C)C3)nc3ccccc3c2=O)c1. The zero-order valence-electron chi connectivity index (χ0n) is 16.8. The second-order valence-electron chi connectivity index (χ2n) is 7.77. The first-order valence-corrected chi connectivity index (χ1v) is 11.0. The van der Waals surface area contributed by atoms with Gasteiger partial charge in [-0.3, -0.25) is 14.2 Å². The Labute approximate surface area is 174 Å². The Hall–Kier alpha value is -2.60. The topological polar surface area (TPSA) is 55.2 Å². The van der Waals surface area contributed by atoms with Gasteiger partial charge in [-0.2, -0.15) is 0 Å². The Morgan fingerprint density at radius 2 is 2.03 bits per heavy atom. The number of hydrogen-bond donors (Lipinski definition) is 0. The minimum atomic E-state index is -0.109. The largest absolute Gasteiger partial charge is 0.342 e. The van der Waals surface area contributed by atoms with E-state index >= 15 is 0 Å². The molecule has 1 amide bonds. The number of thioether (sulfide) groups is 1. The number of carbonyl (C=O) groups excluding carboxylic acids is 1. The van der Waals surface area contributed by atoms with Crippen LogP contribution in [0.25, 0.3) is 16.6 Å². The van der Waals surface area contributed by atoms with Crippen molar-refractivity contribution in [3.05, 3.63) is 64.4 Å². The summed E-state index contributed by atoms with van der Waals surface area (Å²) in [6.45, 7) is 5.82. The molecule has 2 heterocycles. The summed E-state index contributed by atoms with van der Waals surface area (Å²) in [7, 11) is 0. The minimum Gasteiger partial charge on any atom is -0.342 e. The van der Waals surface area contributed by atoms with Crippen molar-refractivity contribution in [2.24, 2.45) is 5.92 Å². The van der Waals surface area contributed by atoms with Crippen molar-refractivity contribution in [1.82, 2.24) is 14.5 Å². The molecule has 1 aliphatic rings. The van der Waals surface area contributed by atoms with E-state index in [1.807, 2.05) is 54.3 Å². The van der Waals surface area contributed by atoms with E-state index in [1.165, 1.54) is 18.2 Å². The summed E-state index contributed by atoms with van der Waals surface area (Å²) in [5.41, 5.74) is 2.39. The van der Waals surface area contributed by atoms with Crippen LogP contribution in [-0.4, -0.2) is 39.2 Å². The van der Waals surface area contributed by atoms with Gasteiger partial charge in [0.2, 0.25) is 5.91 Å². The van der Waals surface area contributed by atoms with E-state index in [2.05, 4.69) is 6.92 Å². The fourth-order valence-corrected chi connectivity index (χ4v) is 4.75. The van der Waals surface area contributed by atoms with E-state index in [-0.39, 0.29) is 17.2 Å². The average Bonchev–Trinajstić information content (AvgIpc) is 2.72. The Kier molecular flexibility index (Phi) is 5.72. The molecule has 0 aliphatic carbocycles. The van der Waals surface area contributed by atoms with E-state index in [0.29, 0.717) is 22.0 Å². The second-order valence-corrected chi connectivity index (χ2v) is 8.71. The third-order valence-corrected chi connectivity index (χ3v) is 6.26. The summed E-state index contributed by atoms with van der Waals surface area (Å²) >= 11 is 1.34. The van der Waals surface area contributed by atoms with Crippen molar-refractivity contribution >= 4 is 28.6 Å². The number of piperidine rings is 1. The lowest BCUT2D eigenvalue weighted by molar-refractivity contribution is -0.130. The number of nitrogens with zero attached hydrogens (tertiary/aromatic N) is 3. The number of carbonyl (C=O) groups is 1. The minimum absolute atomic E-state index is 0.109. The normalized spacial score (nSPS) is 16.9. The molecule has 0 unspecified atom stereocenters. The molecule has 1 aromatic heterocycles. The lowest BCUT2D eigenvalue weighted by Gasteiger charge is -2.30. The van der Waals surface area contributed by atoms with Gasteiger partial charge in [0.1, 0.15) is 0 Å². The number of aromatic nitrogens is 2. The smallest absolute Gasteiger partial charge is 0.266 e. The third-order valence-electron chi connectivity index (χ3n) is 5.34. The molecule has 1 aliphatic heterocycles. The van der Waals surface area contributed by atoms with Crippen molar-refractivity contribution in [1.29, 1.82) is 0 Å². The molecule has 0 N–H and O–H groups in total. The van der Waals surface area contributed by atoms with Crippen molar-refractivity contribution in [2.45, 2.75) is 31.8 Å². The molecule has 29 heavy (non-hydrogen) atoms. The van der Waals surface area contributed by atoms with Crippen molar-refractivity contribution in [3.8, 4) is 5.69 Å². The van der Waals surface area contributed by atoms with E-state index < -0.39 is 0 Å². The highest BCUT2D eigenvalue weighted by molar-refractivity contribution is 7.99. The summed E-state index contributed by atoms with van der Waals surface area (Å²) in [6.07, 6.45) is 2.23. The van der Waals surface area contributed by atoms with E-state index in [1.54, 1.807) is 10.6 Å². The predicted octanol–water partition coefficient (Wildman–Crippen LogP) is 4.04. The van der Waals surface area contributed by atoms with E-state index in [9.17, 15) is 9.59 Å². The van der Waals surface area contributed by atoms with Crippen LogP contribution in [0.5, 0.6) is 0 Å². The first-order chi connectivity index (χ1) is 14.0. The molecule has 0 bridgehead atoms. The number of benzene rings is 2. The van der Waals surface area contributed by atoms with Gasteiger partial charge in [0.25, 0.3) is 5.56 Å². The average molecular weight is 408 g/mol. The lowest BCUT2D eigenvalue weighted by atomic mass is 10.0. The summed E-state index contributed by atoms with van der Waals surface area (Å²) in [5.74, 6) is 0.935. The van der Waals surface area contributed by atoms with E-state index in [0.717, 1.165) is 30.8 Å². The Morgan fingerprint density at radius 3 is 2.83 bits per heavy atom. The number of likely N-dealkylation sites (tertiary alicyclic amines) is 1. The van der Waals surface area contributed by atoms with Gasteiger partial charge in [-0.25, -0.2) is 4.98 Å². The first-order valence-electron chi connectivity index (χ1n) is 10.0. The highest BCUT2D eigenvalue weighted by Gasteiger charge is 2.22. The predicted molar refractivity (Wildman–Crippen MR) is 118 cm³/mol. The Balaban J connectivity index is 1.70. The second kappa shape index (κ2) is 8.41. The number of fused-ring (bicyclic) bond motifs is 1. The molecule has 1 fully saturated rings. The van der Waals surface area contributed by atoms with Crippen LogP contribution in [0.1, 0.15) is 25.3 Å². The van der Waals surface area contributed by atoms with Gasteiger partial charge in [-0.1, -0.05) is 43.0 Å². The molecule has 0 spiro atoms. The van der Waals surface area contributed by atoms with Crippen molar-refractivity contribution < 1.29 is 4.79 Å². The maximum Gasteiger partial charge on any atom is 0.266 e. The summed E-state index contributed by atoms with van der Waals surface area (Å²) in [4.78, 5) is 32.7. The zero-order valence-corrected chi connectivity index (χ0v) is 17.6. The van der Waals surface area contributed by atoms with Gasteiger partial charge >= 0.3 is 0 Å². The van der Waals surface area contributed by atoms with Gasteiger partial charge in [0.05, 0.1) is 22.3 Å². The zero-order chi connectivity index (χ0) is 20.4. The molecule has 6 heteroatoms. The number of aryl methyl sites for hydroxylation is 1. The molecule has 0 radical (unpaired) electrons. The molecule has 3 aromatic rings. The molecule has 150 valence electrons. The van der Waals surface area contributed by atoms with Gasteiger partial charge in [0.15, 0.2) is 5.16 Å². The van der Waals surface area contributed by atoms with Crippen LogP contribution in [0.3, 0.4) is 0 Å². The van der Waals surface area contributed by atoms with Crippen LogP contribution in [-0.2, 0) is 4.79 Å². The summed E-state index contributed by atoms with van der Waals surface area (Å²) < 4.78 is 1.63.